The molecule has 0 aliphatic carbocycles. The minimum absolute atomic E-state index is 0.549. The van der Waals surface area contributed by atoms with Crippen LogP contribution in [-0.4, -0.2) is 9.97 Å². The topological polar surface area (TPSA) is 35.0 Å². The standard InChI is InChI=1S/C17H14N2O/c1-13-7-5-6-10-15(13)20-16-11-12-18-17(19-16)14-8-3-2-4-9-14/h2-12H,1H3. The molecular formula is C17H14N2O. The minimum Gasteiger partial charge on any atom is -0.439 e. The molecule has 0 bridgehead atoms. The molecule has 3 nitrogen and oxygen atoms in total. The van der Waals surface area contributed by atoms with Crippen molar-refractivity contribution in [1.82, 2.24) is 9.97 Å². The lowest BCUT2D eigenvalue weighted by atomic mass is 10.2. The quantitative estimate of drug-likeness (QED) is 0.708. The number of ether oxygens (including phenoxy) is 1. The maximum Gasteiger partial charge on any atom is 0.222 e. The van der Waals surface area contributed by atoms with Crippen LogP contribution in [0.25, 0.3) is 11.4 Å². The molecule has 98 valence electrons. The summed E-state index contributed by atoms with van der Waals surface area (Å²) in [6, 6.07) is 19.5. The van der Waals surface area contributed by atoms with Gasteiger partial charge in [0.25, 0.3) is 0 Å². The van der Waals surface area contributed by atoms with Crippen LogP contribution in [0, 0.1) is 6.92 Å². The van der Waals surface area contributed by atoms with Gasteiger partial charge in [-0.1, -0.05) is 48.5 Å². The zero-order valence-electron chi connectivity index (χ0n) is 11.2. The first-order chi connectivity index (χ1) is 9.83. The molecule has 3 aromatic rings. The summed E-state index contributed by atoms with van der Waals surface area (Å²) in [5, 5.41) is 0. The van der Waals surface area contributed by atoms with Crippen LogP contribution in [0.2, 0.25) is 0 Å². The number of aryl methyl sites for hydroxylation is 1. The van der Waals surface area contributed by atoms with Crippen molar-refractivity contribution in [3.63, 3.8) is 0 Å². The Labute approximate surface area is 117 Å². The normalized spacial score (nSPS) is 10.2. The van der Waals surface area contributed by atoms with Gasteiger partial charge in [-0.05, 0) is 18.6 Å². The third-order valence-corrected chi connectivity index (χ3v) is 2.97. The summed E-state index contributed by atoms with van der Waals surface area (Å²) < 4.78 is 5.82. The van der Waals surface area contributed by atoms with Gasteiger partial charge in [-0.15, -0.1) is 0 Å². The predicted molar refractivity (Wildman–Crippen MR) is 78.7 cm³/mol. The first-order valence-corrected chi connectivity index (χ1v) is 6.45. The summed E-state index contributed by atoms with van der Waals surface area (Å²) in [5.41, 5.74) is 2.05. The molecule has 0 amide bonds. The minimum atomic E-state index is 0.549. The fourth-order valence-corrected chi connectivity index (χ4v) is 1.91. The Kier molecular flexibility index (Phi) is 3.42. The molecule has 0 N–H and O–H groups in total. The third-order valence-electron chi connectivity index (χ3n) is 2.97. The lowest BCUT2D eigenvalue weighted by Crippen LogP contribution is -1.93. The van der Waals surface area contributed by atoms with E-state index < -0.39 is 0 Å². The Morgan fingerprint density at radius 3 is 2.40 bits per heavy atom. The van der Waals surface area contributed by atoms with E-state index in [1.54, 1.807) is 12.3 Å². The SMILES string of the molecule is Cc1ccccc1Oc1ccnc(-c2ccccc2)n1. The van der Waals surface area contributed by atoms with Gasteiger partial charge in [0.1, 0.15) is 5.75 Å². The highest BCUT2D eigenvalue weighted by atomic mass is 16.5. The number of aromatic nitrogens is 2. The fourth-order valence-electron chi connectivity index (χ4n) is 1.91. The molecule has 0 spiro atoms. The Morgan fingerprint density at radius 1 is 0.850 bits per heavy atom. The molecule has 0 saturated carbocycles. The average molecular weight is 262 g/mol. The van der Waals surface area contributed by atoms with Crippen LogP contribution in [0.1, 0.15) is 5.56 Å². The Morgan fingerprint density at radius 2 is 1.60 bits per heavy atom. The maximum atomic E-state index is 5.82. The molecule has 20 heavy (non-hydrogen) atoms. The van der Waals surface area contributed by atoms with Crippen LogP contribution in [-0.2, 0) is 0 Å². The first kappa shape index (κ1) is 12.4. The van der Waals surface area contributed by atoms with E-state index >= 15 is 0 Å². The van der Waals surface area contributed by atoms with Gasteiger partial charge in [-0.2, -0.15) is 4.98 Å². The monoisotopic (exact) mass is 262 g/mol. The van der Waals surface area contributed by atoms with E-state index in [-0.39, 0.29) is 0 Å². The van der Waals surface area contributed by atoms with Crippen LogP contribution in [0.15, 0.2) is 66.9 Å². The van der Waals surface area contributed by atoms with E-state index in [0.717, 1.165) is 16.9 Å². The predicted octanol–water partition coefficient (Wildman–Crippen LogP) is 4.24. The molecule has 0 atom stereocenters. The Balaban J connectivity index is 1.91. The molecule has 1 heterocycles. The van der Waals surface area contributed by atoms with Gasteiger partial charge >= 0.3 is 0 Å². The highest BCUT2D eigenvalue weighted by Crippen LogP contribution is 2.24. The number of para-hydroxylation sites is 1. The van der Waals surface area contributed by atoms with Gasteiger partial charge in [0.05, 0.1) is 0 Å². The second-order valence-electron chi connectivity index (χ2n) is 4.45. The lowest BCUT2D eigenvalue weighted by molar-refractivity contribution is 0.459. The number of benzene rings is 2. The van der Waals surface area contributed by atoms with Crippen LogP contribution in [0.5, 0.6) is 11.6 Å². The number of nitrogens with zero attached hydrogens (tertiary/aromatic N) is 2. The molecule has 3 rings (SSSR count). The van der Waals surface area contributed by atoms with E-state index in [1.807, 2.05) is 61.5 Å². The molecule has 0 aliphatic rings. The summed E-state index contributed by atoms with van der Waals surface area (Å²) in [7, 11) is 0. The van der Waals surface area contributed by atoms with Gasteiger partial charge in [0, 0.05) is 17.8 Å². The second-order valence-corrected chi connectivity index (χ2v) is 4.45. The Hall–Kier alpha value is -2.68. The highest BCUT2D eigenvalue weighted by molar-refractivity contribution is 5.54. The highest BCUT2D eigenvalue weighted by Gasteiger charge is 2.05. The number of hydrogen-bond acceptors (Lipinski definition) is 3. The van der Waals surface area contributed by atoms with Crippen molar-refractivity contribution in [3.8, 4) is 23.0 Å². The van der Waals surface area contributed by atoms with Crippen LogP contribution in [0.3, 0.4) is 0 Å². The Bertz CT molecular complexity index is 711. The van der Waals surface area contributed by atoms with Crippen molar-refractivity contribution in [1.29, 1.82) is 0 Å². The third kappa shape index (κ3) is 2.67. The summed E-state index contributed by atoms with van der Waals surface area (Å²) in [4.78, 5) is 8.73. The molecule has 3 heteroatoms. The summed E-state index contributed by atoms with van der Waals surface area (Å²) >= 11 is 0. The second kappa shape index (κ2) is 5.53. The average Bonchev–Trinajstić information content (AvgIpc) is 2.51. The molecule has 0 aliphatic heterocycles. The van der Waals surface area contributed by atoms with Crippen LogP contribution in [0.4, 0.5) is 0 Å². The zero-order valence-corrected chi connectivity index (χ0v) is 11.2. The molecule has 1 aromatic heterocycles. The van der Waals surface area contributed by atoms with Crippen molar-refractivity contribution in [2.24, 2.45) is 0 Å². The fraction of sp³-hybridized carbons (Fsp3) is 0.0588. The summed E-state index contributed by atoms with van der Waals surface area (Å²) in [6.45, 7) is 2.01. The maximum absolute atomic E-state index is 5.82. The van der Waals surface area contributed by atoms with Crippen molar-refractivity contribution >= 4 is 0 Å². The molecule has 0 fully saturated rings. The van der Waals surface area contributed by atoms with Gasteiger partial charge in [0.2, 0.25) is 5.88 Å². The van der Waals surface area contributed by atoms with Gasteiger partial charge < -0.3 is 4.74 Å². The largest absolute Gasteiger partial charge is 0.439 e. The van der Waals surface area contributed by atoms with E-state index in [4.69, 9.17) is 4.74 Å². The number of hydrogen-bond donors (Lipinski definition) is 0. The summed E-state index contributed by atoms with van der Waals surface area (Å²) in [6.07, 6.45) is 1.71. The van der Waals surface area contributed by atoms with E-state index in [2.05, 4.69) is 9.97 Å². The van der Waals surface area contributed by atoms with Crippen molar-refractivity contribution in [2.75, 3.05) is 0 Å². The van der Waals surface area contributed by atoms with Gasteiger partial charge in [-0.3, -0.25) is 0 Å². The number of rotatable bonds is 3. The van der Waals surface area contributed by atoms with Crippen LogP contribution >= 0.6 is 0 Å². The van der Waals surface area contributed by atoms with E-state index in [9.17, 15) is 0 Å². The van der Waals surface area contributed by atoms with Crippen molar-refractivity contribution in [2.45, 2.75) is 6.92 Å². The van der Waals surface area contributed by atoms with Crippen LogP contribution < -0.4 is 4.74 Å². The summed E-state index contributed by atoms with van der Waals surface area (Å²) in [5.74, 6) is 2.02. The molecular weight excluding hydrogens is 248 g/mol. The molecule has 2 aromatic carbocycles. The lowest BCUT2D eigenvalue weighted by Gasteiger charge is -2.08. The molecule has 0 saturated heterocycles. The van der Waals surface area contributed by atoms with Crippen molar-refractivity contribution < 1.29 is 4.74 Å². The smallest absolute Gasteiger partial charge is 0.222 e. The van der Waals surface area contributed by atoms with Gasteiger partial charge in [-0.25, -0.2) is 4.98 Å². The first-order valence-electron chi connectivity index (χ1n) is 6.45. The molecule has 0 radical (unpaired) electrons. The van der Waals surface area contributed by atoms with Gasteiger partial charge in [0.15, 0.2) is 5.82 Å². The van der Waals surface area contributed by atoms with E-state index in [1.165, 1.54) is 0 Å². The molecule has 0 unspecified atom stereocenters. The van der Waals surface area contributed by atoms with Crippen molar-refractivity contribution in [3.05, 3.63) is 72.4 Å². The zero-order chi connectivity index (χ0) is 13.8. The van der Waals surface area contributed by atoms with E-state index in [0.29, 0.717) is 11.7 Å².